The molecule has 0 radical (unpaired) electrons. The van der Waals surface area contributed by atoms with Crippen LogP contribution in [0.5, 0.6) is 0 Å². The Kier molecular flexibility index (Phi) is 6.01. The fourth-order valence-electron chi connectivity index (χ4n) is 1.83. The van der Waals surface area contributed by atoms with E-state index in [0.29, 0.717) is 23.5 Å². The van der Waals surface area contributed by atoms with Gasteiger partial charge in [0.05, 0.1) is 11.4 Å². The molecule has 0 aliphatic heterocycles. The van der Waals surface area contributed by atoms with Gasteiger partial charge in [-0.05, 0) is 31.5 Å². The zero-order valence-electron chi connectivity index (χ0n) is 11.5. The van der Waals surface area contributed by atoms with Crippen molar-refractivity contribution in [2.24, 2.45) is 5.73 Å². The van der Waals surface area contributed by atoms with Crippen LogP contribution in [0.25, 0.3) is 0 Å². The number of benzene rings is 1. The predicted molar refractivity (Wildman–Crippen MR) is 78.3 cm³/mol. The number of halogens is 2. The number of thiocarbonyl (C=S) groups is 1. The highest BCUT2D eigenvalue weighted by molar-refractivity contribution is 7.80. The van der Waals surface area contributed by atoms with Crippen LogP contribution in [-0.2, 0) is 11.2 Å². The molecule has 20 heavy (non-hydrogen) atoms. The number of rotatable bonds is 6. The minimum Gasteiger partial charge on any atom is -0.393 e. The molecule has 3 nitrogen and oxygen atoms in total. The molecule has 1 rings (SSSR count). The first-order valence-electron chi connectivity index (χ1n) is 6.33. The molecule has 0 saturated carbocycles. The predicted octanol–water partition coefficient (Wildman–Crippen LogP) is 2.42. The zero-order valence-corrected chi connectivity index (χ0v) is 12.3. The number of hydrogen-bond donors (Lipinski definition) is 1. The van der Waals surface area contributed by atoms with E-state index in [0.717, 1.165) is 12.1 Å². The summed E-state index contributed by atoms with van der Waals surface area (Å²) in [6.07, 6.45) is 0.462. The van der Waals surface area contributed by atoms with Crippen LogP contribution in [0.4, 0.5) is 8.78 Å². The summed E-state index contributed by atoms with van der Waals surface area (Å²) in [5.41, 5.74) is 5.87. The van der Waals surface area contributed by atoms with Crippen LogP contribution < -0.4 is 5.73 Å². The third-order valence-electron chi connectivity index (χ3n) is 2.88. The monoisotopic (exact) mass is 300 g/mol. The number of hydrogen-bond acceptors (Lipinski definition) is 2. The first-order valence-corrected chi connectivity index (χ1v) is 6.73. The van der Waals surface area contributed by atoms with Crippen LogP contribution >= 0.6 is 12.2 Å². The molecule has 6 heteroatoms. The van der Waals surface area contributed by atoms with Gasteiger partial charge in [-0.25, -0.2) is 8.78 Å². The van der Waals surface area contributed by atoms with Gasteiger partial charge in [-0.3, -0.25) is 4.79 Å². The number of carbonyl (C=O) groups excluding carboxylic acids is 1. The lowest BCUT2D eigenvalue weighted by molar-refractivity contribution is -0.132. The second-order valence-corrected chi connectivity index (χ2v) is 5.35. The summed E-state index contributed by atoms with van der Waals surface area (Å²) in [5, 5.41) is 0. The van der Waals surface area contributed by atoms with E-state index in [4.69, 9.17) is 18.0 Å². The van der Waals surface area contributed by atoms with E-state index >= 15 is 0 Å². The highest BCUT2D eigenvalue weighted by Gasteiger charge is 2.17. The molecule has 1 aromatic carbocycles. The van der Waals surface area contributed by atoms with Crippen molar-refractivity contribution < 1.29 is 13.6 Å². The van der Waals surface area contributed by atoms with Gasteiger partial charge >= 0.3 is 0 Å². The maximum Gasteiger partial charge on any atom is 0.227 e. The number of amides is 1. The van der Waals surface area contributed by atoms with Gasteiger partial charge in [0.2, 0.25) is 5.91 Å². The fraction of sp³-hybridized carbons (Fsp3) is 0.429. The third-order valence-corrected chi connectivity index (χ3v) is 3.09. The highest BCUT2D eigenvalue weighted by Crippen LogP contribution is 2.11. The largest absolute Gasteiger partial charge is 0.393 e. The summed E-state index contributed by atoms with van der Waals surface area (Å²) in [6.45, 7) is 4.18. The summed E-state index contributed by atoms with van der Waals surface area (Å²) in [5.74, 6) is -2.04. The molecule has 0 bridgehead atoms. The lowest BCUT2D eigenvalue weighted by atomic mass is 10.1. The topological polar surface area (TPSA) is 46.3 Å². The van der Waals surface area contributed by atoms with Crippen LogP contribution in [-0.4, -0.2) is 28.4 Å². The summed E-state index contributed by atoms with van der Waals surface area (Å²) >= 11 is 4.80. The molecule has 0 aliphatic carbocycles. The highest BCUT2D eigenvalue weighted by atomic mass is 32.1. The van der Waals surface area contributed by atoms with Gasteiger partial charge in [0.1, 0.15) is 0 Å². The number of nitrogens with two attached hydrogens (primary N) is 1. The quantitative estimate of drug-likeness (QED) is 0.821. The van der Waals surface area contributed by atoms with Crippen molar-refractivity contribution >= 4 is 23.1 Å². The van der Waals surface area contributed by atoms with Gasteiger partial charge in [0, 0.05) is 19.0 Å². The Bertz CT molecular complexity index is 506. The summed E-state index contributed by atoms with van der Waals surface area (Å²) in [6, 6.07) is 3.45. The molecule has 1 amide bonds. The molecule has 0 aromatic heterocycles. The van der Waals surface area contributed by atoms with E-state index in [-0.39, 0.29) is 18.4 Å². The molecule has 110 valence electrons. The Hall–Kier alpha value is -1.56. The Labute approximate surface area is 122 Å². The average molecular weight is 300 g/mol. The minimum absolute atomic E-state index is 0.0119. The van der Waals surface area contributed by atoms with Crippen molar-refractivity contribution in [2.45, 2.75) is 32.7 Å². The molecule has 0 atom stereocenters. The molecule has 0 fully saturated rings. The minimum atomic E-state index is -0.950. The van der Waals surface area contributed by atoms with Gasteiger partial charge < -0.3 is 10.6 Å². The lowest BCUT2D eigenvalue weighted by Gasteiger charge is -2.26. The second-order valence-electron chi connectivity index (χ2n) is 4.82. The Balaban J connectivity index is 2.74. The normalized spacial score (nSPS) is 10.7. The summed E-state index contributed by atoms with van der Waals surface area (Å²) < 4.78 is 25.9. The van der Waals surface area contributed by atoms with E-state index in [1.807, 2.05) is 13.8 Å². The van der Waals surface area contributed by atoms with Gasteiger partial charge in [0.15, 0.2) is 11.6 Å². The first-order chi connectivity index (χ1) is 9.31. The van der Waals surface area contributed by atoms with Crippen molar-refractivity contribution in [1.82, 2.24) is 4.90 Å². The standard InChI is InChI=1S/C14H18F2N2OS/c1-9(2)18(6-5-13(17)20)14(19)8-10-3-4-11(15)12(16)7-10/h3-4,7,9H,5-6,8H2,1-2H3,(H2,17,20). The first kappa shape index (κ1) is 16.5. The molecular weight excluding hydrogens is 282 g/mol. The molecule has 0 unspecified atom stereocenters. The van der Waals surface area contributed by atoms with E-state index in [9.17, 15) is 13.6 Å². The molecule has 1 aromatic rings. The van der Waals surface area contributed by atoms with Gasteiger partial charge in [-0.2, -0.15) is 0 Å². The van der Waals surface area contributed by atoms with Crippen LogP contribution in [0.1, 0.15) is 25.8 Å². The molecule has 0 heterocycles. The van der Waals surface area contributed by atoms with Crippen molar-refractivity contribution in [1.29, 1.82) is 0 Å². The van der Waals surface area contributed by atoms with Crippen LogP contribution in [0.2, 0.25) is 0 Å². The van der Waals surface area contributed by atoms with Crippen molar-refractivity contribution in [3.63, 3.8) is 0 Å². The van der Waals surface area contributed by atoms with Crippen LogP contribution in [0, 0.1) is 11.6 Å². The number of nitrogens with zero attached hydrogens (tertiary/aromatic N) is 1. The maximum atomic E-state index is 13.1. The average Bonchev–Trinajstić information content (AvgIpc) is 2.33. The molecule has 0 saturated heterocycles. The van der Waals surface area contributed by atoms with Gasteiger partial charge in [0.25, 0.3) is 0 Å². The fourth-order valence-corrected chi connectivity index (χ4v) is 1.92. The zero-order chi connectivity index (χ0) is 15.3. The van der Waals surface area contributed by atoms with Crippen molar-refractivity contribution in [3.05, 3.63) is 35.4 Å². The van der Waals surface area contributed by atoms with Crippen molar-refractivity contribution in [3.8, 4) is 0 Å². The van der Waals surface area contributed by atoms with Gasteiger partial charge in [-0.15, -0.1) is 0 Å². The van der Waals surface area contributed by atoms with Gasteiger partial charge in [-0.1, -0.05) is 18.3 Å². The van der Waals surface area contributed by atoms with Crippen LogP contribution in [0.3, 0.4) is 0 Å². The van der Waals surface area contributed by atoms with E-state index in [1.165, 1.54) is 6.07 Å². The Morgan fingerprint density at radius 3 is 2.50 bits per heavy atom. The molecule has 0 aliphatic rings. The Morgan fingerprint density at radius 1 is 1.35 bits per heavy atom. The maximum absolute atomic E-state index is 13.1. The van der Waals surface area contributed by atoms with E-state index in [1.54, 1.807) is 4.90 Å². The van der Waals surface area contributed by atoms with E-state index in [2.05, 4.69) is 0 Å². The smallest absolute Gasteiger partial charge is 0.227 e. The van der Waals surface area contributed by atoms with Crippen molar-refractivity contribution in [2.75, 3.05) is 6.54 Å². The molecular formula is C14H18F2N2OS. The molecule has 2 N–H and O–H groups in total. The summed E-state index contributed by atoms with van der Waals surface area (Å²) in [4.78, 5) is 14.2. The SMILES string of the molecule is CC(C)N(CCC(N)=S)C(=O)Cc1ccc(F)c(F)c1. The second kappa shape index (κ2) is 7.28. The summed E-state index contributed by atoms with van der Waals surface area (Å²) in [7, 11) is 0. The molecule has 0 spiro atoms. The number of carbonyl (C=O) groups is 1. The lowest BCUT2D eigenvalue weighted by Crippen LogP contribution is -2.39. The van der Waals surface area contributed by atoms with E-state index < -0.39 is 11.6 Å². The third kappa shape index (κ3) is 4.85. The van der Waals surface area contributed by atoms with Crippen LogP contribution in [0.15, 0.2) is 18.2 Å². The Morgan fingerprint density at radius 2 is 2.00 bits per heavy atom.